The van der Waals surface area contributed by atoms with Gasteiger partial charge < -0.3 is 0 Å². The van der Waals surface area contributed by atoms with Gasteiger partial charge in [-0.3, -0.25) is 19.2 Å². The highest BCUT2D eigenvalue weighted by Gasteiger charge is 2.39. The number of benzene rings is 4. The van der Waals surface area contributed by atoms with Gasteiger partial charge in [-0.1, -0.05) is 24.3 Å². The summed E-state index contributed by atoms with van der Waals surface area (Å²) in [4.78, 5) is 52.6. The van der Waals surface area contributed by atoms with Crippen LogP contribution in [0.15, 0.2) is 60.7 Å². The molecule has 208 valence electrons. The van der Waals surface area contributed by atoms with Crippen molar-refractivity contribution in [1.82, 2.24) is 10.1 Å². The molecule has 0 atom stereocenters. The van der Waals surface area contributed by atoms with Gasteiger partial charge >= 0.3 is 0 Å². The Bertz CT molecular complexity index is 2120. The van der Waals surface area contributed by atoms with Crippen LogP contribution in [0.2, 0.25) is 0 Å². The molecule has 4 aromatic rings. The molecular weight excluding hydrogens is 576 g/mol. The maximum atomic E-state index is 13.4. The molecule has 0 radical (unpaired) electrons. The van der Waals surface area contributed by atoms with Gasteiger partial charge in [-0.05, 0) is 65.2 Å². The average molecular weight is 595 g/mol. The third-order valence-electron chi connectivity index (χ3n) is 6.70. The zero-order valence-electron chi connectivity index (χ0n) is 21.3. The average Bonchev–Trinajstić information content (AvgIpc) is 2.93. The number of hydrogen-bond acceptors (Lipinski definition) is 10. The maximum absolute atomic E-state index is 13.4. The maximum Gasteiger partial charge on any atom is 0.288 e. The van der Waals surface area contributed by atoms with Crippen molar-refractivity contribution >= 4 is 65.4 Å². The molecule has 2 aliphatic rings. The number of carbonyl (C=O) groups is 4. The summed E-state index contributed by atoms with van der Waals surface area (Å²) >= 11 is 0. The number of hydroxylamine groups is 4. The van der Waals surface area contributed by atoms with Crippen LogP contribution >= 0.6 is 0 Å². The van der Waals surface area contributed by atoms with E-state index in [9.17, 15) is 36.0 Å². The minimum absolute atomic E-state index is 0.00923. The fraction of sp³-hybridized carbons (Fsp3) is 0.111. The highest BCUT2D eigenvalue weighted by molar-refractivity contribution is 7.86. The van der Waals surface area contributed by atoms with E-state index in [2.05, 4.69) is 0 Å². The molecular formula is C27H18N2O10S2. The van der Waals surface area contributed by atoms with Crippen LogP contribution in [0.25, 0.3) is 32.7 Å². The Morgan fingerprint density at radius 3 is 1.44 bits per heavy atom. The quantitative estimate of drug-likeness (QED) is 0.303. The van der Waals surface area contributed by atoms with Gasteiger partial charge in [0.1, 0.15) is 0 Å². The molecule has 41 heavy (non-hydrogen) atoms. The summed E-state index contributed by atoms with van der Waals surface area (Å²) in [6.45, 7) is 1.30. The van der Waals surface area contributed by atoms with Crippen molar-refractivity contribution in [2.75, 3.05) is 12.0 Å². The molecule has 12 nitrogen and oxygen atoms in total. The first kappa shape index (κ1) is 26.7. The molecule has 2 heterocycles. The van der Waals surface area contributed by atoms with E-state index in [-0.39, 0.29) is 32.4 Å². The van der Waals surface area contributed by atoms with Gasteiger partial charge in [0.2, 0.25) is 0 Å². The molecule has 0 bridgehead atoms. The lowest BCUT2D eigenvalue weighted by atomic mass is 9.88. The second kappa shape index (κ2) is 9.01. The zero-order valence-corrected chi connectivity index (χ0v) is 22.9. The van der Waals surface area contributed by atoms with Gasteiger partial charge in [-0.2, -0.15) is 16.8 Å². The van der Waals surface area contributed by atoms with Gasteiger partial charge in [0.05, 0.1) is 34.3 Å². The van der Waals surface area contributed by atoms with Crippen LogP contribution < -0.4 is 0 Å². The number of carbonyl (C=O) groups excluding carboxylic acids is 4. The Morgan fingerprint density at radius 1 is 0.610 bits per heavy atom. The van der Waals surface area contributed by atoms with E-state index in [0.717, 1.165) is 0 Å². The first-order valence-electron chi connectivity index (χ1n) is 12.0. The molecule has 0 saturated heterocycles. The lowest BCUT2D eigenvalue weighted by Gasteiger charge is -2.26. The summed E-state index contributed by atoms with van der Waals surface area (Å²) in [6.07, 6.45) is 0.704. The summed E-state index contributed by atoms with van der Waals surface area (Å²) < 4.78 is 57.3. The van der Waals surface area contributed by atoms with E-state index in [1.54, 1.807) is 36.4 Å². The monoisotopic (exact) mass is 594 g/mol. The van der Waals surface area contributed by atoms with Crippen LogP contribution in [0.1, 0.15) is 48.4 Å². The van der Waals surface area contributed by atoms with E-state index in [0.29, 0.717) is 38.9 Å². The number of nitrogens with zero attached hydrogens (tertiary/aromatic N) is 2. The summed E-state index contributed by atoms with van der Waals surface area (Å²) in [5, 5.41) is 1.98. The van der Waals surface area contributed by atoms with Crippen molar-refractivity contribution in [3.05, 3.63) is 82.9 Å². The predicted octanol–water partition coefficient (Wildman–Crippen LogP) is 3.02. The molecule has 0 aliphatic carbocycles. The highest BCUT2D eigenvalue weighted by atomic mass is 32.2. The van der Waals surface area contributed by atoms with Gasteiger partial charge in [0, 0.05) is 10.8 Å². The van der Waals surface area contributed by atoms with Gasteiger partial charge in [0.25, 0.3) is 43.9 Å². The third kappa shape index (κ3) is 4.28. The van der Waals surface area contributed by atoms with Crippen LogP contribution in [0, 0.1) is 0 Å². The normalized spacial score (nSPS) is 15.4. The number of amides is 4. The largest absolute Gasteiger partial charge is 0.288 e. The Labute approximate surface area is 232 Å². The van der Waals surface area contributed by atoms with Crippen molar-refractivity contribution in [2.24, 2.45) is 0 Å². The van der Waals surface area contributed by atoms with Crippen LogP contribution in [0.5, 0.6) is 0 Å². The number of hydrogen-bond donors (Lipinski definition) is 0. The number of imide groups is 2. The smallest absolute Gasteiger partial charge is 0.266 e. The fourth-order valence-electron chi connectivity index (χ4n) is 4.94. The summed E-state index contributed by atoms with van der Waals surface area (Å²) in [6, 6.07) is 15.6. The molecule has 0 fully saturated rings. The molecule has 2 aliphatic heterocycles. The Morgan fingerprint density at radius 2 is 1.02 bits per heavy atom. The standard InChI is InChI=1S/C27H18N2O10S2/c1-3-41(36,37)39-29-25(31)19-9-5-7-15-11-17(13-21(23(15)19)27(29)33)16-10-14-6-4-8-18-22(14)20(12-16)26(32)28(24(18)30)38-40(2,34)35/h4-13H,3H2,1-2H3. The van der Waals surface area contributed by atoms with Gasteiger partial charge in [-0.15, -0.1) is 18.7 Å². The van der Waals surface area contributed by atoms with Crippen LogP contribution in [0.4, 0.5) is 0 Å². The molecule has 0 aromatic heterocycles. The summed E-state index contributed by atoms with van der Waals surface area (Å²) in [5.41, 5.74) is 0.923. The van der Waals surface area contributed by atoms with Crippen molar-refractivity contribution in [1.29, 1.82) is 0 Å². The van der Waals surface area contributed by atoms with E-state index in [4.69, 9.17) is 8.57 Å². The fourth-order valence-corrected chi connectivity index (χ4v) is 5.82. The minimum Gasteiger partial charge on any atom is -0.266 e. The molecule has 6 rings (SSSR count). The first-order chi connectivity index (χ1) is 19.3. The first-order valence-corrected chi connectivity index (χ1v) is 15.4. The SMILES string of the molecule is CCS(=O)(=O)ON1C(=O)c2cccc3cc(-c4cc5c6c(cccc6c4)C(=O)N(OS(C)(=O)=O)C5=O)cc(c23)C1=O. The second-order valence-electron chi connectivity index (χ2n) is 9.36. The van der Waals surface area contributed by atoms with Gasteiger partial charge in [0.15, 0.2) is 0 Å². The van der Waals surface area contributed by atoms with Crippen LogP contribution in [-0.2, 0) is 28.8 Å². The molecule has 14 heteroatoms. The molecule has 0 N–H and O–H groups in total. The van der Waals surface area contributed by atoms with E-state index in [1.165, 1.54) is 31.2 Å². The van der Waals surface area contributed by atoms with Gasteiger partial charge in [-0.25, -0.2) is 0 Å². The van der Waals surface area contributed by atoms with E-state index in [1.807, 2.05) is 0 Å². The summed E-state index contributed by atoms with van der Waals surface area (Å²) in [5.74, 6) is -4.33. The van der Waals surface area contributed by atoms with E-state index >= 15 is 0 Å². The third-order valence-corrected chi connectivity index (χ3v) is 8.20. The van der Waals surface area contributed by atoms with Crippen molar-refractivity contribution in [3.8, 4) is 11.1 Å². The topological polar surface area (TPSA) is 161 Å². The highest BCUT2D eigenvalue weighted by Crippen LogP contribution is 2.38. The zero-order chi connectivity index (χ0) is 29.4. The van der Waals surface area contributed by atoms with Crippen molar-refractivity contribution in [3.63, 3.8) is 0 Å². The second-order valence-corrected chi connectivity index (χ2v) is 12.8. The van der Waals surface area contributed by atoms with Crippen LogP contribution in [0.3, 0.4) is 0 Å². The minimum atomic E-state index is -4.23. The lowest BCUT2D eigenvalue weighted by Crippen LogP contribution is -2.42. The summed E-state index contributed by atoms with van der Waals surface area (Å²) in [7, 11) is -8.44. The molecule has 0 saturated carbocycles. The van der Waals surface area contributed by atoms with Crippen molar-refractivity contribution < 1.29 is 44.6 Å². The van der Waals surface area contributed by atoms with E-state index < -0.39 is 49.6 Å². The molecule has 4 aromatic carbocycles. The molecule has 0 unspecified atom stereocenters. The van der Waals surface area contributed by atoms with Crippen molar-refractivity contribution in [2.45, 2.75) is 6.92 Å². The predicted molar refractivity (Wildman–Crippen MR) is 144 cm³/mol. The molecule has 0 spiro atoms. The molecule has 4 amide bonds. The van der Waals surface area contributed by atoms with Crippen LogP contribution in [-0.4, -0.2) is 62.6 Å². The Balaban J connectivity index is 1.56. The number of rotatable bonds is 6. The Hall–Kier alpha value is -4.50. The Kier molecular flexibility index (Phi) is 5.87. The lowest BCUT2D eigenvalue weighted by molar-refractivity contribution is -0.0156.